The molecule has 0 saturated carbocycles. The van der Waals surface area contributed by atoms with Crippen LogP contribution in [0.1, 0.15) is 39.1 Å². The first-order valence-electron chi connectivity index (χ1n) is 8.20. The number of amides is 2. The van der Waals surface area contributed by atoms with E-state index in [1.807, 2.05) is 36.1 Å². The van der Waals surface area contributed by atoms with Gasteiger partial charge in [0.15, 0.2) is 0 Å². The Labute approximate surface area is 141 Å². The third-order valence-electron chi connectivity index (χ3n) is 4.34. The van der Waals surface area contributed by atoms with Crippen LogP contribution in [0.15, 0.2) is 48.8 Å². The Bertz CT molecular complexity index is 705. The molecule has 0 bridgehead atoms. The molecule has 1 N–H and O–H groups in total. The number of aryl methyl sites for hydroxylation is 1. The van der Waals surface area contributed by atoms with Crippen molar-refractivity contribution in [3.63, 3.8) is 0 Å². The second kappa shape index (κ2) is 7.25. The van der Waals surface area contributed by atoms with Gasteiger partial charge in [0.2, 0.25) is 0 Å². The van der Waals surface area contributed by atoms with E-state index in [0.717, 1.165) is 24.0 Å². The molecule has 124 valence electrons. The Morgan fingerprint density at radius 1 is 1.08 bits per heavy atom. The zero-order chi connectivity index (χ0) is 16.9. The highest BCUT2D eigenvalue weighted by Crippen LogP contribution is 2.15. The summed E-state index contributed by atoms with van der Waals surface area (Å²) in [7, 11) is 0. The van der Waals surface area contributed by atoms with Gasteiger partial charge in [-0.2, -0.15) is 0 Å². The number of hydrogen-bond donors (Lipinski definition) is 1. The third-order valence-corrected chi connectivity index (χ3v) is 4.34. The van der Waals surface area contributed by atoms with Crippen LogP contribution in [0.5, 0.6) is 0 Å². The van der Waals surface area contributed by atoms with Crippen molar-refractivity contribution in [3.05, 3.63) is 65.5 Å². The zero-order valence-corrected chi connectivity index (χ0v) is 13.7. The molecule has 3 rings (SSSR count). The van der Waals surface area contributed by atoms with Crippen molar-refractivity contribution in [3.8, 4) is 0 Å². The average molecular weight is 323 g/mol. The van der Waals surface area contributed by atoms with E-state index in [1.54, 1.807) is 24.5 Å². The van der Waals surface area contributed by atoms with Crippen molar-refractivity contribution in [2.24, 2.45) is 0 Å². The van der Waals surface area contributed by atoms with Crippen LogP contribution in [0.3, 0.4) is 0 Å². The number of nitrogens with one attached hydrogen (secondary N) is 1. The van der Waals surface area contributed by atoms with Gasteiger partial charge in [-0.3, -0.25) is 14.6 Å². The van der Waals surface area contributed by atoms with E-state index in [4.69, 9.17) is 0 Å². The number of aromatic nitrogens is 1. The predicted molar refractivity (Wildman–Crippen MR) is 91.8 cm³/mol. The van der Waals surface area contributed by atoms with E-state index < -0.39 is 0 Å². The molecule has 0 unspecified atom stereocenters. The number of hydrogen-bond acceptors (Lipinski definition) is 3. The zero-order valence-electron chi connectivity index (χ0n) is 13.7. The molecule has 2 amide bonds. The number of carbonyl (C=O) groups is 2. The normalized spacial score (nSPS) is 15.1. The van der Waals surface area contributed by atoms with Crippen LogP contribution < -0.4 is 5.32 Å². The summed E-state index contributed by atoms with van der Waals surface area (Å²) in [6, 6.07) is 11.2. The molecule has 2 aromatic rings. The Morgan fingerprint density at radius 2 is 1.79 bits per heavy atom. The van der Waals surface area contributed by atoms with Crippen LogP contribution >= 0.6 is 0 Å². The smallest absolute Gasteiger partial charge is 0.253 e. The minimum atomic E-state index is -0.105. The van der Waals surface area contributed by atoms with Crippen LogP contribution in [0.25, 0.3) is 0 Å². The largest absolute Gasteiger partial charge is 0.349 e. The first kappa shape index (κ1) is 16.2. The van der Waals surface area contributed by atoms with Crippen molar-refractivity contribution in [2.75, 3.05) is 13.1 Å². The molecule has 1 aromatic carbocycles. The molecule has 5 heteroatoms. The number of nitrogens with zero attached hydrogens (tertiary/aromatic N) is 2. The first-order valence-corrected chi connectivity index (χ1v) is 8.20. The van der Waals surface area contributed by atoms with Crippen LogP contribution in [-0.4, -0.2) is 40.8 Å². The molecule has 0 radical (unpaired) electrons. The van der Waals surface area contributed by atoms with Gasteiger partial charge >= 0.3 is 0 Å². The quantitative estimate of drug-likeness (QED) is 0.943. The highest BCUT2D eigenvalue weighted by molar-refractivity contribution is 5.95. The van der Waals surface area contributed by atoms with Crippen LogP contribution in [0, 0.1) is 6.92 Å². The lowest BCUT2D eigenvalue weighted by Crippen LogP contribution is -2.46. The summed E-state index contributed by atoms with van der Waals surface area (Å²) in [6.07, 6.45) is 4.74. The molecule has 0 aliphatic carbocycles. The van der Waals surface area contributed by atoms with Crippen molar-refractivity contribution >= 4 is 11.8 Å². The summed E-state index contributed by atoms with van der Waals surface area (Å²) in [6.45, 7) is 3.32. The molecule has 1 saturated heterocycles. The average Bonchev–Trinajstić information content (AvgIpc) is 2.63. The molecule has 1 aliphatic heterocycles. The van der Waals surface area contributed by atoms with Gasteiger partial charge in [0.05, 0.1) is 5.56 Å². The van der Waals surface area contributed by atoms with Gasteiger partial charge in [-0.25, -0.2) is 0 Å². The van der Waals surface area contributed by atoms with E-state index in [0.29, 0.717) is 18.7 Å². The number of carbonyl (C=O) groups excluding carboxylic acids is 2. The van der Waals surface area contributed by atoms with Crippen LogP contribution in [0.4, 0.5) is 0 Å². The number of piperidine rings is 1. The minimum absolute atomic E-state index is 0.0621. The Kier molecular flexibility index (Phi) is 4.89. The summed E-state index contributed by atoms with van der Waals surface area (Å²) in [5.41, 5.74) is 2.43. The van der Waals surface area contributed by atoms with Gasteiger partial charge in [-0.15, -0.1) is 0 Å². The lowest BCUT2D eigenvalue weighted by atomic mass is 10.0. The molecular formula is C19H21N3O2. The van der Waals surface area contributed by atoms with Gasteiger partial charge < -0.3 is 10.2 Å². The van der Waals surface area contributed by atoms with Gasteiger partial charge in [0, 0.05) is 37.1 Å². The lowest BCUT2D eigenvalue weighted by molar-refractivity contribution is 0.0698. The maximum absolute atomic E-state index is 12.5. The summed E-state index contributed by atoms with van der Waals surface area (Å²) in [5, 5.41) is 3.02. The molecule has 0 spiro atoms. The Balaban J connectivity index is 1.53. The molecule has 5 nitrogen and oxygen atoms in total. The van der Waals surface area contributed by atoms with Gasteiger partial charge in [0.25, 0.3) is 11.8 Å². The molecule has 1 aromatic heterocycles. The highest BCUT2D eigenvalue weighted by Gasteiger charge is 2.24. The molecule has 0 atom stereocenters. The maximum atomic E-state index is 12.5. The number of benzene rings is 1. The van der Waals surface area contributed by atoms with Crippen molar-refractivity contribution in [1.82, 2.24) is 15.2 Å². The molecule has 2 heterocycles. The van der Waals surface area contributed by atoms with E-state index in [9.17, 15) is 9.59 Å². The first-order chi connectivity index (χ1) is 11.6. The maximum Gasteiger partial charge on any atom is 0.253 e. The SMILES string of the molecule is Cc1ccc(C(=O)N2CCC(NC(=O)c3cccnc3)CC2)cc1. The fourth-order valence-electron chi connectivity index (χ4n) is 2.87. The number of likely N-dealkylation sites (tertiary alicyclic amines) is 1. The summed E-state index contributed by atoms with van der Waals surface area (Å²) < 4.78 is 0. The second-order valence-electron chi connectivity index (χ2n) is 6.15. The molecule has 1 fully saturated rings. The predicted octanol–water partition coefficient (Wildman–Crippen LogP) is 2.42. The van der Waals surface area contributed by atoms with E-state index in [-0.39, 0.29) is 17.9 Å². The van der Waals surface area contributed by atoms with Gasteiger partial charge in [-0.05, 0) is 44.0 Å². The topological polar surface area (TPSA) is 62.3 Å². The van der Waals surface area contributed by atoms with E-state index in [1.165, 1.54) is 0 Å². The highest BCUT2D eigenvalue weighted by atomic mass is 16.2. The Morgan fingerprint density at radius 3 is 2.42 bits per heavy atom. The van der Waals surface area contributed by atoms with Crippen molar-refractivity contribution in [1.29, 1.82) is 0 Å². The van der Waals surface area contributed by atoms with E-state index >= 15 is 0 Å². The molecule has 1 aliphatic rings. The fraction of sp³-hybridized carbons (Fsp3) is 0.316. The molecule has 24 heavy (non-hydrogen) atoms. The molecular weight excluding hydrogens is 302 g/mol. The number of pyridine rings is 1. The van der Waals surface area contributed by atoms with Gasteiger partial charge in [0.1, 0.15) is 0 Å². The van der Waals surface area contributed by atoms with E-state index in [2.05, 4.69) is 10.3 Å². The summed E-state index contributed by atoms with van der Waals surface area (Å²) in [4.78, 5) is 30.5. The van der Waals surface area contributed by atoms with Gasteiger partial charge in [-0.1, -0.05) is 17.7 Å². The number of rotatable bonds is 3. The van der Waals surface area contributed by atoms with Crippen LogP contribution in [-0.2, 0) is 0 Å². The third kappa shape index (κ3) is 3.79. The summed E-state index contributed by atoms with van der Waals surface area (Å²) >= 11 is 0. The van der Waals surface area contributed by atoms with Crippen molar-refractivity contribution < 1.29 is 9.59 Å². The fourth-order valence-corrected chi connectivity index (χ4v) is 2.87. The standard InChI is InChI=1S/C19H21N3O2/c1-14-4-6-15(7-5-14)19(24)22-11-8-17(9-12-22)21-18(23)16-3-2-10-20-13-16/h2-7,10,13,17H,8-9,11-12H2,1H3,(H,21,23). The monoisotopic (exact) mass is 323 g/mol. The summed E-state index contributed by atoms with van der Waals surface area (Å²) in [5.74, 6) is -0.0431. The minimum Gasteiger partial charge on any atom is -0.349 e. The second-order valence-corrected chi connectivity index (χ2v) is 6.15. The van der Waals surface area contributed by atoms with Crippen LogP contribution in [0.2, 0.25) is 0 Å². The lowest BCUT2D eigenvalue weighted by Gasteiger charge is -2.32. The Hall–Kier alpha value is -2.69. The van der Waals surface area contributed by atoms with Crippen molar-refractivity contribution in [2.45, 2.75) is 25.8 Å².